The maximum atomic E-state index is 11.9. The summed E-state index contributed by atoms with van der Waals surface area (Å²) in [5, 5.41) is 21.5. The van der Waals surface area contributed by atoms with E-state index in [1.807, 2.05) is 6.07 Å². The van der Waals surface area contributed by atoms with Gasteiger partial charge in [0.25, 0.3) is 5.69 Å². The minimum Gasteiger partial charge on any atom is -0.466 e. The van der Waals surface area contributed by atoms with E-state index in [1.54, 1.807) is 24.3 Å². The van der Waals surface area contributed by atoms with Crippen LogP contribution in [0, 0.1) is 10.1 Å². The largest absolute Gasteiger partial charge is 0.466 e. The number of ether oxygens (including phenoxy) is 1. The van der Waals surface area contributed by atoms with Crippen molar-refractivity contribution in [3.8, 4) is 0 Å². The van der Waals surface area contributed by atoms with Gasteiger partial charge >= 0.3 is 5.97 Å². The van der Waals surface area contributed by atoms with Crippen LogP contribution in [0.25, 0.3) is 0 Å². The number of benzene rings is 2. The van der Waals surface area contributed by atoms with Gasteiger partial charge in [0, 0.05) is 23.6 Å². The van der Waals surface area contributed by atoms with Crippen molar-refractivity contribution in [2.45, 2.75) is 12.0 Å². The van der Waals surface area contributed by atoms with Crippen molar-refractivity contribution in [2.75, 3.05) is 7.11 Å². The van der Waals surface area contributed by atoms with Crippen molar-refractivity contribution in [1.29, 1.82) is 0 Å². The van der Waals surface area contributed by atoms with Gasteiger partial charge in [-0.2, -0.15) is 0 Å². The first-order valence-corrected chi connectivity index (χ1v) is 7.20. The number of nitro groups is 1. The Labute approximate surface area is 139 Å². The highest BCUT2D eigenvalue weighted by molar-refractivity contribution is 5.89. The van der Waals surface area contributed by atoms with E-state index in [0.29, 0.717) is 11.1 Å². The first-order valence-electron chi connectivity index (χ1n) is 7.20. The fraction of sp³-hybridized carbons (Fsp3) is 0.167. The highest BCUT2D eigenvalue weighted by Crippen LogP contribution is 2.37. The number of aliphatic hydroxyl groups excluding tert-OH is 1. The fourth-order valence-electron chi connectivity index (χ4n) is 2.48. The second kappa shape index (κ2) is 7.52. The van der Waals surface area contributed by atoms with E-state index in [9.17, 15) is 20.0 Å². The number of aliphatic hydroxyl groups is 1. The van der Waals surface area contributed by atoms with Crippen molar-refractivity contribution < 1.29 is 19.6 Å². The molecule has 2 unspecified atom stereocenters. The number of rotatable bonds is 6. The Bertz CT molecular complexity index is 740. The molecule has 0 aliphatic rings. The molecule has 0 radical (unpaired) electrons. The smallest absolute Gasteiger partial charge is 0.333 e. The van der Waals surface area contributed by atoms with Crippen LogP contribution in [0.2, 0.25) is 0 Å². The Morgan fingerprint density at radius 2 is 1.71 bits per heavy atom. The van der Waals surface area contributed by atoms with Gasteiger partial charge in [-0.05, 0) is 23.3 Å². The standard InChI is InChI=1S/C18H17NO5/c1-12(18(21)24-2)16(13-6-4-3-5-7-13)17(20)14-8-10-15(11-9-14)19(22)23/h3-11,16-17,20H,1H2,2H3. The summed E-state index contributed by atoms with van der Waals surface area (Å²) in [6.07, 6.45) is -1.10. The van der Waals surface area contributed by atoms with Crippen LogP contribution in [0.4, 0.5) is 5.69 Å². The van der Waals surface area contributed by atoms with Gasteiger partial charge in [0.2, 0.25) is 0 Å². The molecule has 1 N–H and O–H groups in total. The van der Waals surface area contributed by atoms with Gasteiger partial charge in [0.1, 0.15) is 0 Å². The zero-order chi connectivity index (χ0) is 17.7. The SMILES string of the molecule is C=C(C(=O)OC)C(c1ccccc1)C(O)c1ccc([N+](=O)[O-])cc1. The quantitative estimate of drug-likeness (QED) is 0.381. The van der Waals surface area contributed by atoms with E-state index in [0.717, 1.165) is 0 Å². The summed E-state index contributed by atoms with van der Waals surface area (Å²) in [7, 11) is 1.24. The molecule has 0 aliphatic heterocycles. The molecule has 0 fully saturated rings. The van der Waals surface area contributed by atoms with E-state index in [-0.39, 0.29) is 11.3 Å². The molecule has 2 rings (SSSR count). The monoisotopic (exact) mass is 327 g/mol. The summed E-state index contributed by atoms with van der Waals surface area (Å²) < 4.78 is 4.71. The summed E-state index contributed by atoms with van der Waals surface area (Å²) in [4.78, 5) is 22.1. The van der Waals surface area contributed by atoms with Crippen molar-refractivity contribution in [3.05, 3.63) is 88.0 Å². The molecule has 24 heavy (non-hydrogen) atoms. The lowest BCUT2D eigenvalue weighted by molar-refractivity contribution is -0.384. The van der Waals surface area contributed by atoms with Gasteiger partial charge in [-0.1, -0.05) is 36.9 Å². The third-order valence-electron chi connectivity index (χ3n) is 3.74. The number of hydrogen-bond donors (Lipinski definition) is 1. The number of nitro benzene ring substituents is 1. The second-order valence-electron chi connectivity index (χ2n) is 5.20. The van der Waals surface area contributed by atoms with Crippen LogP contribution in [0.3, 0.4) is 0 Å². The van der Waals surface area contributed by atoms with Crippen LogP contribution in [0.15, 0.2) is 66.7 Å². The molecule has 2 atom stereocenters. The maximum absolute atomic E-state index is 11.9. The van der Waals surface area contributed by atoms with Gasteiger partial charge in [-0.15, -0.1) is 0 Å². The number of carbonyl (C=O) groups excluding carboxylic acids is 1. The summed E-state index contributed by atoms with van der Waals surface area (Å²) in [6, 6.07) is 14.5. The molecular weight excluding hydrogens is 310 g/mol. The molecule has 0 spiro atoms. The first kappa shape index (κ1) is 17.4. The molecule has 0 saturated heterocycles. The normalized spacial score (nSPS) is 12.9. The summed E-state index contributed by atoms with van der Waals surface area (Å²) in [6.45, 7) is 3.75. The van der Waals surface area contributed by atoms with Crippen molar-refractivity contribution in [3.63, 3.8) is 0 Å². The Kier molecular flexibility index (Phi) is 5.44. The van der Waals surface area contributed by atoms with Crippen molar-refractivity contribution in [1.82, 2.24) is 0 Å². The van der Waals surface area contributed by atoms with Crippen LogP contribution in [0.5, 0.6) is 0 Å². The van der Waals surface area contributed by atoms with E-state index >= 15 is 0 Å². The Morgan fingerprint density at radius 3 is 2.21 bits per heavy atom. The summed E-state index contributed by atoms with van der Waals surface area (Å²) in [5.41, 5.74) is 1.17. The van der Waals surface area contributed by atoms with Gasteiger partial charge in [0.05, 0.1) is 18.1 Å². The molecule has 6 nitrogen and oxygen atoms in total. The molecule has 0 heterocycles. The van der Waals surface area contributed by atoms with Gasteiger partial charge in [-0.25, -0.2) is 4.79 Å². The van der Waals surface area contributed by atoms with E-state index in [1.165, 1.54) is 31.4 Å². The Balaban J connectivity index is 2.40. The molecule has 0 bridgehead atoms. The molecule has 124 valence electrons. The van der Waals surface area contributed by atoms with Gasteiger partial charge < -0.3 is 9.84 Å². The first-order chi connectivity index (χ1) is 11.5. The third kappa shape index (κ3) is 3.67. The topological polar surface area (TPSA) is 89.7 Å². The maximum Gasteiger partial charge on any atom is 0.333 e. The zero-order valence-electron chi connectivity index (χ0n) is 13.1. The third-order valence-corrected chi connectivity index (χ3v) is 3.74. The number of non-ortho nitro benzene ring substituents is 1. The predicted molar refractivity (Wildman–Crippen MR) is 88.4 cm³/mol. The van der Waals surface area contributed by atoms with Crippen LogP contribution in [0.1, 0.15) is 23.1 Å². The number of nitrogens with zero attached hydrogens (tertiary/aromatic N) is 1. The molecule has 0 saturated carbocycles. The highest BCUT2D eigenvalue weighted by Gasteiger charge is 2.29. The molecule has 2 aromatic rings. The molecule has 6 heteroatoms. The summed E-state index contributed by atoms with van der Waals surface area (Å²) in [5.74, 6) is -1.34. The number of esters is 1. The van der Waals surface area contributed by atoms with Crippen molar-refractivity contribution >= 4 is 11.7 Å². The summed E-state index contributed by atoms with van der Waals surface area (Å²) >= 11 is 0. The highest BCUT2D eigenvalue weighted by atomic mass is 16.6. The average Bonchev–Trinajstić information content (AvgIpc) is 2.62. The minimum atomic E-state index is -1.10. The second-order valence-corrected chi connectivity index (χ2v) is 5.20. The Hall–Kier alpha value is -2.99. The fourth-order valence-corrected chi connectivity index (χ4v) is 2.48. The molecular formula is C18H17NO5. The van der Waals surface area contributed by atoms with E-state index in [2.05, 4.69) is 6.58 Å². The van der Waals surface area contributed by atoms with Crippen LogP contribution in [-0.4, -0.2) is 23.1 Å². The number of methoxy groups -OCH3 is 1. The molecule has 0 amide bonds. The lowest BCUT2D eigenvalue weighted by atomic mass is 9.84. The van der Waals surface area contributed by atoms with Crippen LogP contribution in [-0.2, 0) is 9.53 Å². The molecule has 0 aliphatic carbocycles. The van der Waals surface area contributed by atoms with Crippen molar-refractivity contribution in [2.24, 2.45) is 0 Å². The van der Waals surface area contributed by atoms with Crippen LogP contribution >= 0.6 is 0 Å². The van der Waals surface area contributed by atoms with E-state index in [4.69, 9.17) is 4.74 Å². The Morgan fingerprint density at radius 1 is 1.12 bits per heavy atom. The number of carbonyl (C=O) groups is 1. The average molecular weight is 327 g/mol. The molecule has 0 aromatic heterocycles. The van der Waals surface area contributed by atoms with Crippen LogP contribution < -0.4 is 0 Å². The predicted octanol–water partition coefficient (Wildman–Crippen LogP) is 3.14. The molecule has 2 aromatic carbocycles. The van der Waals surface area contributed by atoms with Gasteiger partial charge in [0.15, 0.2) is 0 Å². The lowest BCUT2D eigenvalue weighted by Crippen LogP contribution is -2.19. The number of hydrogen-bond acceptors (Lipinski definition) is 5. The lowest BCUT2D eigenvalue weighted by Gasteiger charge is -2.24. The zero-order valence-corrected chi connectivity index (χ0v) is 13.1. The minimum absolute atomic E-state index is 0.0750. The van der Waals surface area contributed by atoms with Gasteiger partial charge in [-0.3, -0.25) is 10.1 Å². The van der Waals surface area contributed by atoms with E-state index < -0.39 is 22.9 Å².